The van der Waals surface area contributed by atoms with Crippen LogP contribution in [-0.2, 0) is 13.2 Å². The van der Waals surface area contributed by atoms with E-state index < -0.39 is 17.5 Å². The molecular weight excluding hydrogens is 442 g/mol. The van der Waals surface area contributed by atoms with Crippen LogP contribution in [0, 0.1) is 18.6 Å². The molecule has 0 spiro atoms. The second-order valence-corrected chi connectivity index (χ2v) is 7.38. The minimum Gasteiger partial charge on any atom is -0.486 e. The minimum absolute atomic E-state index is 0.00859. The molecule has 4 aromatic rings. The van der Waals surface area contributed by atoms with E-state index in [9.17, 15) is 13.6 Å². The van der Waals surface area contributed by atoms with Crippen LogP contribution in [0.2, 0.25) is 5.02 Å². The summed E-state index contributed by atoms with van der Waals surface area (Å²) < 4.78 is 39.1. The first-order valence-electron chi connectivity index (χ1n) is 9.50. The zero-order chi connectivity index (χ0) is 22.7. The quantitative estimate of drug-likeness (QED) is 0.422. The van der Waals surface area contributed by atoms with Crippen molar-refractivity contribution in [2.45, 2.75) is 20.1 Å². The fraction of sp³-hybridized carbons (Fsp3) is 0.136. The van der Waals surface area contributed by atoms with Gasteiger partial charge in [-0.1, -0.05) is 28.9 Å². The molecule has 0 aliphatic rings. The Balaban J connectivity index is 1.46. The summed E-state index contributed by atoms with van der Waals surface area (Å²) in [5.41, 5.74) is 1.81. The minimum atomic E-state index is -0.847. The van der Waals surface area contributed by atoms with Crippen LogP contribution in [0.25, 0.3) is 0 Å². The van der Waals surface area contributed by atoms with Gasteiger partial charge in [-0.3, -0.25) is 9.48 Å². The maximum atomic E-state index is 13.8. The highest BCUT2D eigenvalue weighted by atomic mass is 35.5. The molecule has 164 valence electrons. The van der Waals surface area contributed by atoms with Crippen molar-refractivity contribution in [1.82, 2.24) is 14.9 Å². The lowest BCUT2D eigenvalue weighted by atomic mass is 10.1. The first-order chi connectivity index (χ1) is 15.4. The number of nitrogens with one attached hydrogen (secondary N) is 1. The summed E-state index contributed by atoms with van der Waals surface area (Å²) in [5.74, 6) is -1.87. The normalized spacial score (nSPS) is 10.9. The van der Waals surface area contributed by atoms with E-state index in [1.807, 2.05) is 6.07 Å². The van der Waals surface area contributed by atoms with E-state index >= 15 is 0 Å². The molecule has 0 saturated heterocycles. The van der Waals surface area contributed by atoms with Crippen molar-refractivity contribution in [3.05, 3.63) is 94.1 Å². The SMILES string of the molecule is Cc1onc(C(=O)Nc2cccc(Cn3cc(Cl)cn3)c2)c1COc1ccc(F)cc1F. The third kappa shape index (κ3) is 4.94. The number of hydrogen-bond acceptors (Lipinski definition) is 5. The van der Waals surface area contributed by atoms with Gasteiger partial charge in [0.2, 0.25) is 0 Å². The smallest absolute Gasteiger partial charge is 0.278 e. The van der Waals surface area contributed by atoms with Gasteiger partial charge >= 0.3 is 0 Å². The molecule has 0 aliphatic heterocycles. The number of aryl methyl sites for hydroxylation is 1. The van der Waals surface area contributed by atoms with Gasteiger partial charge < -0.3 is 14.6 Å². The van der Waals surface area contributed by atoms with Crippen LogP contribution in [0.15, 0.2) is 59.4 Å². The lowest BCUT2D eigenvalue weighted by Gasteiger charge is -2.09. The Morgan fingerprint density at radius 3 is 2.84 bits per heavy atom. The van der Waals surface area contributed by atoms with Crippen molar-refractivity contribution in [3.63, 3.8) is 0 Å². The molecule has 0 radical (unpaired) electrons. The van der Waals surface area contributed by atoms with Gasteiger partial charge in [0, 0.05) is 18.0 Å². The molecule has 0 aliphatic carbocycles. The molecule has 10 heteroatoms. The molecule has 2 aromatic carbocycles. The van der Waals surface area contributed by atoms with Crippen molar-refractivity contribution in [1.29, 1.82) is 0 Å². The third-order valence-corrected chi connectivity index (χ3v) is 4.79. The Bertz CT molecular complexity index is 1270. The number of hydrogen-bond donors (Lipinski definition) is 1. The standard InChI is InChI=1S/C22H17ClF2N4O3/c1-13-18(12-31-20-6-5-16(24)8-19(20)25)21(28-32-13)22(30)27-17-4-2-3-14(7-17)10-29-11-15(23)9-26-29/h2-9,11H,10,12H2,1H3,(H,27,30). The van der Waals surface area contributed by atoms with Gasteiger partial charge in [-0.25, -0.2) is 8.78 Å². The topological polar surface area (TPSA) is 82.2 Å². The Morgan fingerprint density at radius 1 is 1.25 bits per heavy atom. The van der Waals surface area contributed by atoms with Gasteiger partial charge in [0.1, 0.15) is 18.2 Å². The molecule has 0 bridgehead atoms. The summed E-state index contributed by atoms with van der Waals surface area (Å²) in [4.78, 5) is 12.8. The Labute approximate surface area is 186 Å². The van der Waals surface area contributed by atoms with E-state index in [-0.39, 0.29) is 18.1 Å². The summed E-state index contributed by atoms with van der Waals surface area (Å²) in [7, 11) is 0. The molecule has 0 fully saturated rings. The molecule has 7 nitrogen and oxygen atoms in total. The summed E-state index contributed by atoms with van der Waals surface area (Å²) in [6.07, 6.45) is 3.24. The van der Waals surface area contributed by atoms with Crippen molar-refractivity contribution in [3.8, 4) is 5.75 Å². The van der Waals surface area contributed by atoms with Gasteiger partial charge in [0.05, 0.1) is 23.3 Å². The number of ether oxygens (including phenoxy) is 1. The van der Waals surface area contributed by atoms with Crippen molar-refractivity contribution >= 4 is 23.2 Å². The number of carbonyl (C=O) groups excluding carboxylic acids is 1. The van der Waals surface area contributed by atoms with Crippen LogP contribution in [0.4, 0.5) is 14.5 Å². The summed E-state index contributed by atoms with van der Waals surface area (Å²) in [6.45, 7) is 1.90. The Kier molecular flexibility index (Phi) is 6.18. The second kappa shape index (κ2) is 9.19. The number of halogens is 3. The van der Waals surface area contributed by atoms with Gasteiger partial charge in [0.25, 0.3) is 5.91 Å². The van der Waals surface area contributed by atoms with E-state index in [0.29, 0.717) is 34.6 Å². The first-order valence-corrected chi connectivity index (χ1v) is 9.88. The fourth-order valence-electron chi connectivity index (χ4n) is 3.03. The zero-order valence-corrected chi connectivity index (χ0v) is 17.6. The van der Waals surface area contributed by atoms with E-state index in [2.05, 4.69) is 15.6 Å². The van der Waals surface area contributed by atoms with Crippen LogP contribution in [0.5, 0.6) is 5.75 Å². The maximum absolute atomic E-state index is 13.8. The molecule has 32 heavy (non-hydrogen) atoms. The van der Waals surface area contributed by atoms with Crippen LogP contribution in [-0.4, -0.2) is 20.8 Å². The predicted octanol–water partition coefficient (Wildman–Crippen LogP) is 4.99. The monoisotopic (exact) mass is 458 g/mol. The van der Waals surface area contributed by atoms with Crippen molar-refractivity contribution in [2.24, 2.45) is 0 Å². The lowest BCUT2D eigenvalue weighted by Crippen LogP contribution is -2.15. The lowest BCUT2D eigenvalue weighted by molar-refractivity contribution is 0.101. The average molecular weight is 459 g/mol. The van der Waals surface area contributed by atoms with E-state index in [4.69, 9.17) is 20.9 Å². The number of benzene rings is 2. The summed E-state index contributed by atoms with van der Waals surface area (Å²) in [5, 5.41) is 11.2. The van der Waals surface area contributed by atoms with Crippen LogP contribution < -0.4 is 10.1 Å². The van der Waals surface area contributed by atoms with Crippen molar-refractivity contribution < 1.29 is 22.8 Å². The summed E-state index contributed by atoms with van der Waals surface area (Å²) >= 11 is 5.89. The Hall–Kier alpha value is -3.72. The largest absolute Gasteiger partial charge is 0.486 e. The van der Waals surface area contributed by atoms with E-state index in [1.165, 1.54) is 6.07 Å². The van der Waals surface area contributed by atoms with Crippen molar-refractivity contribution in [2.75, 3.05) is 5.32 Å². The number of rotatable bonds is 7. The predicted molar refractivity (Wildman–Crippen MR) is 113 cm³/mol. The highest BCUT2D eigenvalue weighted by Crippen LogP contribution is 2.22. The molecule has 1 N–H and O–H groups in total. The van der Waals surface area contributed by atoms with Gasteiger partial charge in [-0.2, -0.15) is 5.10 Å². The zero-order valence-electron chi connectivity index (χ0n) is 16.8. The fourth-order valence-corrected chi connectivity index (χ4v) is 3.19. The van der Waals surface area contributed by atoms with E-state index in [1.54, 1.807) is 42.2 Å². The highest BCUT2D eigenvalue weighted by molar-refractivity contribution is 6.30. The number of aromatic nitrogens is 3. The highest BCUT2D eigenvalue weighted by Gasteiger charge is 2.21. The third-order valence-electron chi connectivity index (χ3n) is 4.60. The Morgan fingerprint density at radius 2 is 2.09 bits per heavy atom. The number of nitrogens with zero attached hydrogens (tertiary/aromatic N) is 3. The molecule has 0 saturated carbocycles. The molecule has 1 amide bonds. The molecule has 2 aromatic heterocycles. The number of anilines is 1. The number of amides is 1. The van der Waals surface area contributed by atoms with Crippen LogP contribution in [0.3, 0.4) is 0 Å². The van der Waals surface area contributed by atoms with Gasteiger partial charge in [-0.05, 0) is 36.8 Å². The second-order valence-electron chi connectivity index (χ2n) is 6.94. The first kappa shape index (κ1) is 21.5. The summed E-state index contributed by atoms with van der Waals surface area (Å²) in [6, 6.07) is 10.2. The molecule has 4 rings (SSSR count). The molecule has 2 heterocycles. The van der Waals surface area contributed by atoms with Crippen LogP contribution >= 0.6 is 11.6 Å². The molecular formula is C22H17ClF2N4O3. The van der Waals surface area contributed by atoms with Gasteiger partial charge in [-0.15, -0.1) is 0 Å². The number of carbonyl (C=O) groups is 1. The van der Waals surface area contributed by atoms with E-state index in [0.717, 1.165) is 11.6 Å². The van der Waals surface area contributed by atoms with Crippen LogP contribution in [0.1, 0.15) is 27.4 Å². The maximum Gasteiger partial charge on any atom is 0.278 e. The molecule has 0 unspecified atom stereocenters. The van der Waals surface area contributed by atoms with Gasteiger partial charge in [0.15, 0.2) is 17.3 Å². The average Bonchev–Trinajstić information content (AvgIpc) is 3.32. The molecule has 0 atom stereocenters.